The first kappa shape index (κ1) is 16.8. The van der Waals surface area contributed by atoms with E-state index in [0.717, 1.165) is 16.5 Å². The van der Waals surface area contributed by atoms with Crippen molar-refractivity contribution in [2.75, 3.05) is 7.11 Å². The van der Waals surface area contributed by atoms with E-state index in [1.54, 1.807) is 12.1 Å². The van der Waals surface area contributed by atoms with Gasteiger partial charge < -0.3 is 9.47 Å². The largest absolute Gasteiger partial charge is 0.487 e. The van der Waals surface area contributed by atoms with Gasteiger partial charge in [0.15, 0.2) is 0 Å². The van der Waals surface area contributed by atoms with Crippen LogP contribution >= 0.6 is 0 Å². The molecule has 0 fully saturated rings. The van der Waals surface area contributed by atoms with Crippen molar-refractivity contribution in [3.8, 4) is 5.75 Å². The van der Waals surface area contributed by atoms with Crippen LogP contribution in [0, 0.1) is 6.92 Å². The Hall–Kier alpha value is -3.08. The predicted molar refractivity (Wildman–Crippen MR) is 95.7 cm³/mol. The maximum Gasteiger partial charge on any atom is 0.325 e. The Morgan fingerprint density at radius 2 is 1.84 bits per heavy atom. The van der Waals surface area contributed by atoms with Gasteiger partial charge >= 0.3 is 5.97 Å². The maximum atomic E-state index is 12.3. The van der Waals surface area contributed by atoms with Crippen molar-refractivity contribution in [3.63, 3.8) is 0 Å². The van der Waals surface area contributed by atoms with Crippen LogP contribution in [0.4, 0.5) is 0 Å². The first-order valence-corrected chi connectivity index (χ1v) is 7.97. The van der Waals surface area contributed by atoms with Crippen LogP contribution in [0.2, 0.25) is 0 Å². The summed E-state index contributed by atoms with van der Waals surface area (Å²) in [6, 6.07) is 16.7. The molecule has 128 valence electrons. The molecule has 0 saturated heterocycles. The minimum atomic E-state index is -0.483. The summed E-state index contributed by atoms with van der Waals surface area (Å²) in [4.78, 5) is 24.0. The molecule has 0 atom stereocenters. The molecule has 0 bridgehead atoms. The van der Waals surface area contributed by atoms with Crippen molar-refractivity contribution in [1.29, 1.82) is 0 Å². The normalized spacial score (nSPS) is 10.6. The quantitative estimate of drug-likeness (QED) is 0.672. The van der Waals surface area contributed by atoms with Gasteiger partial charge in [-0.1, -0.05) is 36.4 Å². The average molecular weight is 337 g/mol. The van der Waals surface area contributed by atoms with Gasteiger partial charge in [0.1, 0.15) is 18.9 Å². The van der Waals surface area contributed by atoms with Gasteiger partial charge in [0.05, 0.1) is 12.6 Å². The second kappa shape index (κ2) is 7.21. The smallest absolute Gasteiger partial charge is 0.325 e. The van der Waals surface area contributed by atoms with E-state index >= 15 is 0 Å². The van der Waals surface area contributed by atoms with Gasteiger partial charge in [-0.25, -0.2) is 0 Å². The molecule has 0 radical (unpaired) electrons. The number of carbonyl (C=O) groups excluding carboxylic acids is 1. The van der Waals surface area contributed by atoms with E-state index in [4.69, 9.17) is 9.47 Å². The molecule has 1 heterocycles. The number of hydrogen-bond acceptors (Lipinski definition) is 4. The van der Waals surface area contributed by atoms with E-state index in [-0.39, 0.29) is 12.1 Å². The number of benzene rings is 2. The Morgan fingerprint density at radius 1 is 1.04 bits per heavy atom. The fourth-order valence-electron chi connectivity index (χ4n) is 2.72. The Balaban J connectivity index is 2.03. The molecule has 0 aliphatic rings. The fraction of sp³-hybridized carbons (Fsp3) is 0.200. The third kappa shape index (κ3) is 3.55. The van der Waals surface area contributed by atoms with Crippen LogP contribution in [0.1, 0.15) is 11.1 Å². The number of hydrogen-bond donors (Lipinski definition) is 0. The average Bonchev–Trinajstić information content (AvgIpc) is 2.63. The highest BCUT2D eigenvalue weighted by molar-refractivity contribution is 5.86. The Labute approximate surface area is 145 Å². The lowest BCUT2D eigenvalue weighted by molar-refractivity contribution is -0.141. The molecule has 0 unspecified atom stereocenters. The van der Waals surface area contributed by atoms with Crippen molar-refractivity contribution in [2.24, 2.45) is 0 Å². The number of aryl methyl sites for hydroxylation is 1. The van der Waals surface area contributed by atoms with Gasteiger partial charge in [-0.05, 0) is 30.2 Å². The fourth-order valence-corrected chi connectivity index (χ4v) is 2.72. The highest BCUT2D eigenvalue weighted by Gasteiger charge is 2.13. The van der Waals surface area contributed by atoms with E-state index < -0.39 is 5.97 Å². The number of para-hydroxylation sites is 1. The van der Waals surface area contributed by atoms with Crippen LogP contribution in [0.15, 0.2) is 59.4 Å². The Morgan fingerprint density at radius 3 is 2.60 bits per heavy atom. The van der Waals surface area contributed by atoms with Crippen molar-refractivity contribution < 1.29 is 14.3 Å². The zero-order valence-corrected chi connectivity index (χ0v) is 14.2. The van der Waals surface area contributed by atoms with Crippen LogP contribution in [0.3, 0.4) is 0 Å². The lowest BCUT2D eigenvalue weighted by atomic mass is 10.1. The summed E-state index contributed by atoms with van der Waals surface area (Å²) in [6.07, 6.45) is 0. The summed E-state index contributed by atoms with van der Waals surface area (Å²) >= 11 is 0. The van der Waals surface area contributed by atoms with Crippen LogP contribution in [-0.4, -0.2) is 17.6 Å². The van der Waals surface area contributed by atoms with E-state index in [1.807, 2.05) is 43.3 Å². The number of esters is 1. The van der Waals surface area contributed by atoms with Gasteiger partial charge in [0.25, 0.3) is 5.56 Å². The summed E-state index contributed by atoms with van der Waals surface area (Å²) in [5.74, 6) is 0.0747. The minimum Gasteiger partial charge on any atom is -0.487 e. The Bertz CT molecular complexity index is 975. The molecule has 0 N–H and O–H groups in total. The monoisotopic (exact) mass is 337 g/mol. The van der Waals surface area contributed by atoms with Gasteiger partial charge in [0.2, 0.25) is 0 Å². The number of aromatic nitrogens is 1. The van der Waals surface area contributed by atoms with Gasteiger partial charge in [-0.3, -0.25) is 14.2 Å². The minimum absolute atomic E-state index is 0.155. The molecule has 5 heteroatoms. The number of methoxy groups -OCH3 is 1. The summed E-state index contributed by atoms with van der Waals surface area (Å²) < 4.78 is 12.1. The number of ether oxygens (including phenoxy) is 2. The molecule has 1 aromatic heterocycles. The standard InChI is InChI=1S/C20H19NO4/c1-14-6-3-4-7-16(14)13-25-17-9-5-8-15-10-11-18(22)21(20(15)17)12-19(23)24-2/h3-11H,12-13H2,1-2H3. The zero-order valence-electron chi connectivity index (χ0n) is 14.2. The van der Waals surface area contributed by atoms with Crippen molar-refractivity contribution in [3.05, 3.63) is 76.1 Å². The lowest BCUT2D eigenvalue weighted by Crippen LogP contribution is -2.24. The molecule has 5 nitrogen and oxygen atoms in total. The third-order valence-electron chi connectivity index (χ3n) is 4.13. The van der Waals surface area contributed by atoms with E-state index in [1.165, 1.54) is 17.7 Å². The molecule has 0 amide bonds. The molecule has 3 aromatic rings. The SMILES string of the molecule is COC(=O)Cn1c(=O)ccc2cccc(OCc3ccccc3C)c21. The molecule has 0 aliphatic carbocycles. The van der Waals surface area contributed by atoms with E-state index in [9.17, 15) is 9.59 Å². The van der Waals surface area contributed by atoms with Gasteiger partial charge in [0, 0.05) is 11.5 Å². The van der Waals surface area contributed by atoms with Gasteiger partial charge in [-0.15, -0.1) is 0 Å². The Kier molecular flexibility index (Phi) is 4.84. The molecule has 2 aromatic carbocycles. The summed E-state index contributed by atoms with van der Waals surface area (Å²) in [7, 11) is 1.30. The highest BCUT2D eigenvalue weighted by atomic mass is 16.5. The number of rotatable bonds is 5. The second-order valence-corrected chi connectivity index (χ2v) is 5.74. The van der Waals surface area contributed by atoms with Crippen LogP contribution < -0.4 is 10.3 Å². The first-order valence-electron chi connectivity index (χ1n) is 7.97. The van der Waals surface area contributed by atoms with Crippen molar-refractivity contribution >= 4 is 16.9 Å². The summed E-state index contributed by atoms with van der Waals surface area (Å²) in [5, 5.41) is 0.825. The molecular weight excluding hydrogens is 318 g/mol. The number of pyridine rings is 1. The molecule has 3 rings (SSSR count). The number of carbonyl (C=O) groups is 1. The second-order valence-electron chi connectivity index (χ2n) is 5.74. The van der Waals surface area contributed by atoms with Crippen molar-refractivity contribution in [2.45, 2.75) is 20.1 Å². The molecule has 0 aliphatic heterocycles. The predicted octanol–water partition coefficient (Wildman–Crippen LogP) is 3.06. The topological polar surface area (TPSA) is 57.5 Å². The van der Waals surface area contributed by atoms with Crippen LogP contribution in [0.25, 0.3) is 10.9 Å². The summed E-state index contributed by atoms with van der Waals surface area (Å²) in [5.41, 5.74) is 2.52. The van der Waals surface area contributed by atoms with Crippen LogP contribution in [0.5, 0.6) is 5.75 Å². The van der Waals surface area contributed by atoms with Crippen LogP contribution in [-0.2, 0) is 22.7 Å². The molecule has 25 heavy (non-hydrogen) atoms. The highest BCUT2D eigenvalue weighted by Crippen LogP contribution is 2.25. The maximum absolute atomic E-state index is 12.3. The lowest BCUT2D eigenvalue weighted by Gasteiger charge is -2.14. The van der Waals surface area contributed by atoms with E-state index in [2.05, 4.69) is 0 Å². The molecule has 0 saturated carbocycles. The third-order valence-corrected chi connectivity index (χ3v) is 4.13. The zero-order chi connectivity index (χ0) is 17.8. The van der Waals surface area contributed by atoms with E-state index in [0.29, 0.717) is 17.9 Å². The van der Waals surface area contributed by atoms with Crippen molar-refractivity contribution in [1.82, 2.24) is 4.57 Å². The van der Waals surface area contributed by atoms with Gasteiger partial charge in [-0.2, -0.15) is 0 Å². The number of fused-ring (bicyclic) bond motifs is 1. The first-order chi connectivity index (χ1) is 12.1. The molecular formula is C20H19NO4. The molecule has 0 spiro atoms. The summed E-state index contributed by atoms with van der Waals surface area (Å²) in [6.45, 7) is 2.25. The number of nitrogens with zero attached hydrogens (tertiary/aromatic N) is 1.